The maximum Gasteiger partial charge on any atom is 0.219 e. The van der Waals surface area contributed by atoms with Crippen molar-refractivity contribution in [1.29, 1.82) is 0 Å². The molecule has 0 radical (unpaired) electrons. The van der Waals surface area contributed by atoms with E-state index in [1.54, 1.807) is 6.92 Å². The Kier molecular flexibility index (Phi) is 5.99. The summed E-state index contributed by atoms with van der Waals surface area (Å²) in [5.74, 6) is 0.310. The quantitative estimate of drug-likeness (QED) is 0.588. The lowest BCUT2D eigenvalue weighted by Gasteiger charge is -2.31. The molecule has 0 saturated carbocycles. The van der Waals surface area contributed by atoms with Crippen LogP contribution < -0.4 is 17.3 Å². The molecule has 0 aliphatic carbocycles. The molecule has 1 aromatic rings. The third-order valence-electron chi connectivity index (χ3n) is 3.42. The summed E-state index contributed by atoms with van der Waals surface area (Å²) < 4.78 is 0. The summed E-state index contributed by atoms with van der Waals surface area (Å²) in [6, 6.07) is 9.39. The van der Waals surface area contributed by atoms with Crippen molar-refractivity contribution >= 4 is 11.7 Å². The summed E-state index contributed by atoms with van der Waals surface area (Å²) in [6.07, 6.45) is 0. The van der Waals surface area contributed by atoms with Crippen LogP contribution in [0.4, 0.5) is 0 Å². The van der Waals surface area contributed by atoms with Gasteiger partial charge in [-0.3, -0.25) is 9.59 Å². The monoisotopic (exact) mass is 282 g/mol. The van der Waals surface area contributed by atoms with Crippen LogP contribution in [0.15, 0.2) is 30.3 Å². The number of ketones is 1. The highest BCUT2D eigenvalue weighted by Crippen LogP contribution is 1.98. The first-order chi connectivity index (χ1) is 8.66. The van der Waals surface area contributed by atoms with Crippen LogP contribution in [0.5, 0.6) is 0 Å². The normalized spacial score (nSPS) is 15.7. The van der Waals surface area contributed by atoms with E-state index >= 15 is 0 Å². The zero-order valence-electron chi connectivity index (χ0n) is 11.1. The van der Waals surface area contributed by atoms with Gasteiger partial charge in [0.1, 0.15) is 6.54 Å². The molecular formula is C14H19ClN2O2. The lowest BCUT2D eigenvalue weighted by Crippen LogP contribution is -3.15. The summed E-state index contributed by atoms with van der Waals surface area (Å²) >= 11 is 0. The first-order valence-corrected chi connectivity index (χ1v) is 6.34. The molecule has 0 atom stereocenters. The standard InChI is InChI=1S/C14H18N2O2.ClH/c1-12(17)16-9-7-15(8-10-16)11-14(18)13-5-3-2-4-6-13;/h2-6H,7-11H2,1H3;1H. The van der Waals surface area contributed by atoms with Crippen LogP contribution in [0, 0.1) is 0 Å². The predicted molar refractivity (Wildman–Crippen MR) is 68.6 cm³/mol. The molecule has 1 aliphatic heterocycles. The molecule has 104 valence electrons. The van der Waals surface area contributed by atoms with Gasteiger partial charge >= 0.3 is 0 Å². The van der Waals surface area contributed by atoms with Crippen molar-refractivity contribution in [3.63, 3.8) is 0 Å². The molecule has 1 heterocycles. The fourth-order valence-corrected chi connectivity index (χ4v) is 2.27. The second kappa shape index (κ2) is 7.26. The van der Waals surface area contributed by atoms with Crippen molar-refractivity contribution in [2.45, 2.75) is 6.92 Å². The fraction of sp³-hybridized carbons (Fsp3) is 0.429. The van der Waals surface area contributed by atoms with Gasteiger partial charge < -0.3 is 22.2 Å². The topological polar surface area (TPSA) is 41.8 Å². The van der Waals surface area contributed by atoms with Crippen LogP contribution in [-0.2, 0) is 4.79 Å². The summed E-state index contributed by atoms with van der Waals surface area (Å²) in [5, 5.41) is 0. The van der Waals surface area contributed by atoms with E-state index in [2.05, 4.69) is 0 Å². The predicted octanol–water partition coefficient (Wildman–Crippen LogP) is -3.38. The number of rotatable bonds is 3. The molecule has 1 fully saturated rings. The van der Waals surface area contributed by atoms with Crippen molar-refractivity contribution in [1.82, 2.24) is 4.90 Å². The highest BCUT2D eigenvalue weighted by molar-refractivity contribution is 5.96. The van der Waals surface area contributed by atoms with Gasteiger partial charge in [0.15, 0.2) is 0 Å². The summed E-state index contributed by atoms with van der Waals surface area (Å²) in [5.41, 5.74) is 0.777. The van der Waals surface area contributed by atoms with Gasteiger partial charge in [-0.15, -0.1) is 0 Å². The van der Waals surface area contributed by atoms with E-state index in [1.807, 2.05) is 35.2 Å². The molecule has 1 saturated heterocycles. The van der Waals surface area contributed by atoms with E-state index in [0.29, 0.717) is 6.54 Å². The number of amides is 1. The Morgan fingerprint density at radius 1 is 1.16 bits per heavy atom. The zero-order chi connectivity index (χ0) is 13.0. The van der Waals surface area contributed by atoms with Crippen molar-refractivity contribution in [2.24, 2.45) is 0 Å². The Morgan fingerprint density at radius 2 is 1.74 bits per heavy atom. The van der Waals surface area contributed by atoms with Crippen LogP contribution in [-0.4, -0.2) is 49.3 Å². The van der Waals surface area contributed by atoms with E-state index in [4.69, 9.17) is 0 Å². The number of benzene rings is 1. The number of hydrogen-bond donors (Lipinski definition) is 1. The van der Waals surface area contributed by atoms with Crippen LogP contribution in [0.25, 0.3) is 0 Å². The number of quaternary nitrogens is 1. The Hall–Kier alpha value is -1.39. The van der Waals surface area contributed by atoms with E-state index in [1.165, 1.54) is 4.90 Å². The third-order valence-corrected chi connectivity index (χ3v) is 3.42. The Morgan fingerprint density at radius 3 is 2.26 bits per heavy atom. The molecular weight excluding hydrogens is 264 g/mol. The van der Waals surface area contributed by atoms with Gasteiger partial charge in [-0.1, -0.05) is 30.3 Å². The first-order valence-electron chi connectivity index (χ1n) is 6.34. The van der Waals surface area contributed by atoms with Gasteiger partial charge in [-0.25, -0.2) is 0 Å². The molecule has 0 spiro atoms. The van der Waals surface area contributed by atoms with Gasteiger partial charge in [-0.2, -0.15) is 0 Å². The second-order valence-electron chi connectivity index (χ2n) is 4.72. The molecule has 2 rings (SSSR count). The zero-order valence-corrected chi connectivity index (χ0v) is 11.8. The Bertz CT molecular complexity index is 428. The van der Waals surface area contributed by atoms with E-state index in [-0.39, 0.29) is 24.1 Å². The van der Waals surface area contributed by atoms with Gasteiger partial charge in [0, 0.05) is 12.5 Å². The molecule has 0 aromatic heterocycles. The number of carbonyl (C=O) groups excluding carboxylic acids is 2. The van der Waals surface area contributed by atoms with Crippen LogP contribution in [0.2, 0.25) is 0 Å². The van der Waals surface area contributed by atoms with E-state index < -0.39 is 0 Å². The lowest BCUT2D eigenvalue weighted by atomic mass is 10.1. The smallest absolute Gasteiger partial charge is 0.219 e. The minimum atomic E-state index is 0. The largest absolute Gasteiger partial charge is 1.00 e. The maximum atomic E-state index is 12.0. The fourth-order valence-electron chi connectivity index (χ4n) is 2.27. The van der Waals surface area contributed by atoms with Gasteiger partial charge in [-0.05, 0) is 0 Å². The highest BCUT2D eigenvalue weighted by atomic mass is 35.5. The number of carbonyl (C=O) groups is 2. The maximum absolute atomic E-state index is 12.0. The van der Waals surface area contributed by atoms with Gasteiger partial charge in [0.25, 0.3) is 0 Å². The molecule has 0 bridgehead atoms. The highest BCUT2D eigenvalue weighted by Gasteiger charge is 2.23. The third kappa shape index (κ3) is 4.33. The average molecular weight is 283 g/mol. The average Bonchev–Trinajstić information content (AvgIpc) is 2.40. The van der Waals surface area contributed by atoms with Crippen molar-refractivity contribution in [3.8, 4) is 0 Å². The van der Waals surface area contributed by atoms with Gasteiger partial charge in [0.2, 0.25) is 11.7 Å². The SMILES string of the molecule is CC(=O)N1CC[NH+](CC(=O)c2ccccc2)CC1.[Cl-]. The summed E-state index contributed by atoms with van der Waals surface area (Å²) in [6.45, 7) is 5.35. The number of nitrogens with one attached hydrogen (secondary N) is 1. The molecule has 1 N–H and O–H groups in total. The van der Waals surface area contributed by atoms with E-state index in [0.717, 1.165) is 31.7 Å². The van der Waals surface area contributed by atoms with Gasteiger partial charge in [0.05, 0.1) is 26.2 Å². The molecule has 4 nitrogen and oxygen atoms in total. The van der Waals surface area contributed by atoms with Crippen molar-refractivity contribution < 1.29 is 26.9 Å². The number of hydrogen-bond acceptors (Lipinski definition) is 2. The molecule has 0 unspecified atom stereocenters. The molecule has 1 amide bonds. The number of piperazine rings is 1. The summed E-state index contributed by atoms with van der Waals surface area (Å²) in [4.78, 5) is 26.3. The van der Waals surface area contributed by atoms with Crippen LogP contribution in [0.3, 0.4) is 0 Å². The van der Waals surface area contributed by atoms with E-state index in [9.17, 15) is 9.59 Å². The second-order valence-corrected chi connectivity index (χ2v) is 4.72. The molecule has 1 aliphatic rings. The Labute approximate surface area is 119 Å². The lowest BCUT2D eigenvalue weighted by molar-refractivity contribution is -0.895. The van der Waals surface area contributed by atoms with Crippen molar-refractivity contribution in [2.75, 3.05) is 32.7 Å². The van der Waals surface area contributed by atoms with Crippen LogP contribution >= 0.6 is 0 Å². The first kappa shape index (κ1) is 15.7. The summed E-state index contributed by atoms with van der Waals surface area (Å²) in [7, 11) is 0. The van der Waals surface area contributed by atoms with Crippen LogP contribution in [0.1, 0.15) is 17.3 Å². The minimum Gasteiger partial charge on any atom is -1.00 e. The number of nitrogens with zero attached hydrogens (tertiary/aromatic N) is 1. The number of Topliss-reactive ketones (excluding diaryl/α,β-unsaturated/α-hetero) is 1. The molecule has 1 aromatic carbocycles. The Balaban J connectivity index is 0.00000180. The van der Waals surface area contributed by atoms with Crippen molar-refractivity contribution in [3.05, 3.63) is 35.9 Å². The minimum absolute atomic E-state index is 0. The molecule has 5 heteroatoms. The molecule has 19 heavy (non-hydrogen) atoms. The number of halogens is 1.